The minimum absolute atomic E-state index is 0.674. The Hall–Kier alpha value is -0.520. The van der Waals surface area contributed by atoms with E-state index in [9.17, 15) is 0 Å². The lowest BCUT2D eigenvalue weighted by atomic mass is 9.94. The minimum atomic E-state index is 0.674. The van der Waals surface area contributed by atoms with Crippen LogP contribution in [-0.4, -0.2) is 0 Å². The summed E-state index contributed by atoms with van der Waals surface area (Å²) in [5.74, 6) is 0.674. The molecular weight excluding hydrogens is 132 g/mol. The third kappa shape index (κ3) is 3.41. The highest BCUT2D eigenvalue weighted by atomic mass is 14.1. The molecule has 0 unspecified atom stereocenters. The lowest BCUT2D eigenvalue weighted by Crippen LogP contribution is -1.96. The average Bonchev–Trinajstić information content (AvgIpc) is 1.98. The first kappa shape index (κ1) is 10.5. The fourth-order valence-corrected chi connectivity index (χ4v) is 1.34. The van der Waals surface area contributed by atoms with Gasteiger partial charge in [-0.15, -0.1) is 0 Å². The van der Waals surface area contributed by atoms with Gasteiger partial charge >= 0.3 is 0 Å². The topological polar surface area (TPSA) is 0 Å². The van der Waals surface area contributed by atoms with Crippen LogP contribution < -0.4 is 0 Å². The van der Waals surface area contributed by atoms with Gasteiger partial charge in [0, 0.05) is 0 Å². The Bertz CT molecular complexity index is 149. The van der Waals surface area contributed by atoms with Gasteiger partial charge in [0.15, 0.2) is 0 Å². The van der Waals surface area contributed by atoms with Crippen molar-refractivity contribution in [2.75, 3.05) is 0 Å². The van der Waals surface area contributed by atoms with Crippen LogP contribution in [0.5, 0.6) is 0 Å². The predicted molar refractivity (Wildman–Crippen MR) is 52.6 cm³/mol. The fourth-order valence-electron chi connectivity index (χ4n) is 1.34. The molecular formula is C11H20. The molecule has 0 aromatic carbocycles. The van der Waals surface area contributed by atoms with Crippen molar-refractivity contribution in [3.63, 3.8) is 0 Å². The van der Waals surface area contributed by atoms with E-state index in [2.05, 4.69) is 34.3 Å². The van der Waals surface area contributed by atoms with Crippen LogP contribution in [0.3, 0.4) is 0 Å². The molecule has 0 fully saturated rings. The van der Waals surface area contributed by atoms with E-state index in [1.54, 1.807) is 5.57 Å². The monoisotopic (exact) mass is 152 g/mol. The van der Waals surface area contributed by atoms with Crippen molar-refractivity contribution < 1.29 is 0 Å². The van der Waals surface area contributed by atoms with E-state index in [1.165, 1.54) is 18.4 Å². The van der Waals surface area contributed by atoms with Gasteiger partial charge < -0.3 is 0 Å². The molecule has 0 nitrogen and oxygen atoms in total. The molecule has 0 rings (SSSR count). The van der Waals surface area contributed by atoms with Crippen molar-refractivity contribution in [3.8, 4) is 0 Å². The van der Waals surface area contributed by atoms with Crippen LogP contribution in [0.1, 0.15) is 40.5 Å². The molecule has 0 aliphatic heterocycles. The Morgan fingerprint density at radius 1 is 1.45 bits per heavy atom. The maximum absolute atomic E-state index is 3.79. The molecule has 0 aromatic rings. The molecule has 0 heteroatoms. The summed E-state index contributed by atoms with van der Waals surface area (Å²) in [6.07, 6.45) is 4.42. The first-order valence-electron chi connectivity index (χ1n) is 4.45. The summed E-state index contributed by atoms with van der Waals surface area (Å²) in [5, 5.41) is 0. The number of hydrogen-bond donors (Lipinski definition) is 0. The smallest absolute Gasteiger partial charge is 0.0254 e. The summed E-state index contributed by atoms with van der Waals surface area (Å²) in [6, 6.07) is 0. The van der Waals surface area contributed by atoms with Crippen LogP contribution in [0.2, 0.25) is 0 Å². The molecule has 0 radical (unpaired) electrons. The van der Waals surface area contributed by atoms with Crippen molar-refractivity contribution in [2.24, 2.45) is 5.92 Å². The highest BCUT2D eigenvalue weighted by molar-refractivity contribution is 5.23. The van der Waals surface area contributed by atoms with Crippen LogP contribution in [0.4, 0.5) is 0 Å². The molecule has 0 aliphatic rings. The summed E-state index contributed by atoms with van der Waals surface area (Å²) < 4.78 is 0. The molecule has 0 N–H and O–H groups in total. The third-order valence-corrected chi connectivity index (χ3v) is 2.03. The van der Waals surface area contributed by atoms with Crippen molar-refractivity contribution in [1.29, 1.82) is 0 Å². The lowest BCUT2D eigenvalue weighted by molar-refractivity contribution is 0.693. The van der Waals surface area contributed by atoms with Crippen LogP contribution in [0.15, 0.2) is 23.8 Å². The van der Waals surface area contributed by atoms with Gasteiger partial charge in [-0.25, -0.2) is 0 Å². The summed E-state index contributed by atoms with van der Waals surface area (Å²) in [5.41, 5.74) is 2.92. The highest BCUT2D eigenvalue weighted by Gasteiger charge is 2.03. The minimum Gasteiger partial charge on any atom is -0.0988 e. The van der Waals surface area contributed by atoms with E-state index in [-0.39, 0.29) is 0 Å². The normalized spacial score (nSPS) is 13.2. The van der Waals surface area contributed by atoms with Gasteiger partial charge in [0.1, 0.15) is 0 Å². The van der Waals surface area contributed by atoms with E-state index in [0.717, 1.165) is 0 Å². The molecule has 0 spiro atoms. The molecule has 11 heavy (non-hydrogen) atoms. The quantitative estimate of drug-likeness (QED) is 0.535. The van der Waals surface area contributed by atoms with Crippen molar-refractivity contribution in [3.05, 3.63) is 23.8 Å². The zero-order chi connectivity index (χ0) is 8.85. The number of allylic oxidation sites excluding steroid dienone is 3. The molecule has 0 saturated carbocycles. The second-order valence-corrected chi connectivity index (χ2v) is 3.32. The third-order valence-electron chi connectivity index (χ3n) is 2.03. The van der Waals surface area contributed by atoms with Crippen LogP contribution in [-0.2, 0) is 0 Å². The van der Waals surface area contributed by atoms with Gasteiger partial charge in [-0.05, 0) is 19.3 Å². The van der Waals surface area contributed by atoms with Gasteiger partial charge in [-0.1, -0.05) is 51.0 Å². The fraction of sp³-hybridized carbons (Fsp3) is 0.636. The van der Waals surface area contributed by atoms with Gasteiger partial charge in [-0.2, -0.15) is 0 Å². The number of rotatable bonds is 4. The molecule has 0 aromatic heterocycles. The highest BCUT2D eigenvalue weighted by Crippen LogP contribution is 2.20. The first-order valence-corrected chi connectivity index (χ1v) is 4.45. The van der Waals surface area contributed by atoms with Crippen molar-refractivity contribution >= 4 is 0 Å². The van der Waals surface area contributed by atoms with Crippen LogP contribution in [0.25, 0.3) is 0 Å². The van der Waals surface area contributed by atoms with E-state index in [4.69, 9.17) is 0 Å². The molecule has 0 atom stereocenters. The first-order chi connectivity index (χ1) is 5.13. The zero-order valence-corrected chi connectivity index (χ0v) is 8.28. The summed E-state index contributed by atoms with van der Waals surface area (Å²) in [6.45, 7) is 12.7. The molecule has 0 amide bonds. The van der Waals surface area contributed by atoms with Crippen molar-refractivity contribution in [1.82, 2.24) is 0 Å². The van der Waals surface area contributed by atoms with E-state index in [0.29, 0.717) is 5.92 Å². The molecule has 0 heterocycles. The Morgan fingerprint density at radius 3 is 2.27 bits per heavy atom. The predicted octanol–water partition coefficient (Wildman–Crippen LogP) is 3.95. The summed E-state index contributed by atoms with van der Waals surface area (Å²) >= 11 is 0. The van der Waals surface area contributed by atoms with Crippen LogP contribution in [0, 0.1) is 5.92 Å². The lowest BCUT2D eigenvalue weighted by Gasteiger charge is -2.12. The van der Waals surface area contributed by atoms with E-state index >= 15 is 0 Å². The zero-order valence-electron chi connectivity index (χ0n) is 8.28. The average molecular weight is 152 g/mol. The van der Waals surface area contributed by atoms with Crippen molar-refractivity contribution in [2.45, 2.75) is 40.5 Å². The Balaban J connectivity index is 4.43. The molecule has 0 saturated heterocycles. The standard InChI is InChI=1S/C11H20/c1-6-8-11(9(3)4)10(5)7-2/h7,9H,2,6,8H2,1,3-5H3/b11-10+. The number of hydrogen-bond acceptors (Lipinski definition) is 0. The van der Waals surface area contributed by atoms with Gasteiger partial charge in [-0.3, -0.25) is 0 Å². The Morgan fingerprint density at radius 2 is 2.00 bits per heavy atom. The van der Waals surface area contributed by atoms with E-state index in [1.807, 2.05) is 6.08 Å². The maximum Gasteiger partial charge on any atom is -0.0254 e. The molecule has 0 aliphatic carbocycles. The largest absolute Gasteiger partial charge is 0.0988 e. The van der Waals surface area contributed by atoms with Gasteiger partial charge in [0.2, 0.25) is 0 Å². The molecule has 0 bridgehead atoms. The maximum atomic E-state index is 3.79. The van der Waals surface area contributed by atoms with Gasteiger partial charge in [0.05, 0.1) is 0 Å². The van der Waals surface area contributed by atoms with Gasteiger partial charge in [0.25, 0.3) is 0 Å². The van der Waals surface area contributed by atoms with E-state index < -0.39 is 0 Å². The molecule has 64 valence electrons. The Kier molecular flexibility index (Phi) is 4.93. The Labute approximate surface area is 71.0 Å². The second kappa shape index (κ2) is 5.17. The second-order valence-electron chi connectivity index (χ2n) is 3.32. The summed E-state index contributed by atoms with van der Waals surface area (Å²) in [4.78, 5) is 0. The SMILES string of the molecule is C=C/C(C)=C(\CCC)C(C)C. The van der Waals surface area contributed by atoms with Crippen LogP contribution >= 0.6 is 0 Å². The summed E-state index contributed by atoms with van der Waals surface area (Å²) in [7, 11) is 0.